The number of benzene rings is 2. The highest BCUT2D eigenvalue weighted by Gasteiger charge is 2.24. The molecular weight excluding hydrogens is 351 g/mol. The van der Waals surface area contributed by atoms with Crippen molar-refractivity contribution in [1.29, 1.82) is 0 Å². The lowest BCUT2D eigenvalue weighted by atomic mass is 10.2. The Kier molecular flexibility index (Phi) is 6.62. The van der Waals surface area contributed by atoms with Crippen molar-refractivity contribution in [3.8, 4) is 0 Å². The Bertz CT molecular complexity index is 839. The predicted molar refractivity (Wildman–Crippen MR) is 99.8 cm³/mol. The monoisotopic (exact) mass is 373 g/mol. The molecule has 1 unspecified atom stereocenters. The van der Waals surface area contributed by atoms with Gasteiger partial charge in [-0.3, -0.25) is 14.4 Å². The van der Waals surface area contributed by atoms with Gasteiger partial charge in [-0.25, -0.2) is 4.39 Å². The summed E-state index contributed by atoms with van der Waals surface area (Å²) in [6, 6.07) is 11.3. The predicted octanol–water partition coefficient (Wildman–Crippen LogP) is 0.405. The highest BCUT2D eigenvalue weighted by atomic mass is 19.1. The first-order valence-corrected chi connectivity index (χ1v) is 8.34. The third-order valence-electron chi connectivity index (χ3n) is 4.12. The summed E-state index contributed by atoms with van der Waals surface area (Å²) >= 11 is 0. The molecule has 27 heavy (non-hydrogen) atoms. The first-order chi connectivity index (χ1) is 12.8. The Morgan fingerprint density at radius 1 is 1.07 bits per heavy atom. The molecule has 142 valence electrons. The molecule has 0 radical (unpaired) electrons. The highest BCUT2D eigenvalue weighted by Crippen LogP contribution is 2.10. The molecule has 2 atom stereocenters. The summed E-state index contributed by atoms with van der Waals surface area (Å²) in [5.74, 6) is -1.60. The first-order valence-electron chi connectivity index (χ1n) is 8.34. The number of primary amides is 1. The van der Waals surface area contributed by atoms with Crippen molar-refractivity contribution in [2.45, 2.75) is 13.0 Å². The van der Waals surface area contributed by atoms with Crippen LogP contribution in [-0.4, -0.2) is 37.4 Å². The Morgan fingerprint density at radius 2 is 1.74 bits per heavy atom. The number of likely N-dealkylation sites (N-methyl/N-ethyl adjacent to an activating group) is 1. The van der Waals surface area contributed by atoms with Crippen molar-refractivity contribution in [2.75, 3.05) is 24.2 Å². The fraction of sp³-hybridized carbons (Fsp3) is 0.211. The lowest BCUT2D eigenvalue weighted by Gasteiger charge is -2.20. The minimum Gasteiger partial charge on any atom is -0.366 e. The van der Waals surface area contributed by atoms with Crippen LogP contribution >= 0.6 is 0 Å². The van der Waals surface area contributed by atoms with E-state index in [1.165, 1.54) is 30.3 Å². The molecule has 0 fully saturated rings. The molecule has 0 spiro atoms. The summed E-state index contributed by atoms with van der Waals surface area (Å²) in [5, 5.41) is 5.32. The van der Waals surface area contributed by atoms with Gasteiger partial charge in [0.15, 0.2) is 12.6 Å². The fourth-order valence-electron chi connectivity index (χ4n) is 2.37. The van der Waals surface area contributed by atoms with Crippen LogP contribution in [0.4, 0.5) is 15.8 Å². The summed E-state index contributed by atoms with van der Waals surface area (Å²) in [6.07, 6.45) is 0. The minimum atomic E-state index is -0.547. The molecule has 2 rings (SSSR count). The second kappa shape index (κ2) is 8.91. The molecule has 7 nitrogen and oxygen atoms in total. The Hall–Kier alpha value is -3.26. The van der Waals surface area contributed by atoms with Crippen LogP contribution in [0, 0.1) is 5.82 Å². The summed E-state index contributed by atoms with van der Waals surface area (Å²) in [5.41, 5.74) is 6.40. The van der Waals surface area contributed by atoms with E-state index in [1.807, 2.05) is 0 Å². The number of nitrogens with two attached hydrogens (primary N) is 1. The second-order valence-corrected chi connectivity index (χ2v) is 6.23. The van der Waals surface area contributed by atoms with Crippen LogP contribution in [0.5, 0.6) is 0 Å². The van der Waals surface area contributed by atoms with Crippen LogP contribution < -0.4 is 21.3 Å². The van der Waals surface area contributed by atoms with E-state index in [4.69, 9.17) is 5.73 Å². The van der Waals surface area contributed by atoms with Gasteiger partial charge in [0.25, 0.3) is 11.8 Å². The number of hydrogen-bond acceptors (Lipinski definition) is 3. The molecule has 2 aromatic carbocycles. The van der Waals surface area contributed by atoms with Crippen LogP contribution in [0.2, 0.25) is 0 Å². The van der Waals surface area contributed by atoms with E-state index in [0.29, 0.717) is 21.8 Å². The number of carbonyl (C=O) groups is 3. The summed E-state index contributed by atoms with van der Waals surface area (Å²) in [4.78, 5) is 36.2. The Morgan fingerprint density at radius 3 is 2.33 bits per heavy atom. The maximum atomic E-state index is 13.2. The number of anilines is 2. The van der Waals surface area contributed by atoms with Crippen LogP contribution in [0.3, 0.4) is 0 Å². The number of amides is 3. The summed E-state index contributed by atoms with van der Waals surface area (Å²) < 4.78 is 13.2. The SMILES string of the molecule is C[C@@H](C(=O)Nc1ccc(C(N)=O)cc1)[NH+](C)CC(=O)Nc1cccc(F)c1. The Balaban J connectivity index is 1.89. The number of rotatable bonds is 7. The molecule has 0 aliphatic rings. The second-order valence-electron chi connectivity index (χ2n) is 6.23. The quantitative estimate of drug-likeness (QED) is 0.565. The summed E-state index contributed by atoms with van der Waals surface area (Å²) in [6.45, 7) is 1.73. The van der Waals surface area contributed by atoms with Gasteiger partial charge in [0.05, 0.1) is 7.05 Å². The smallest absolute Gasteiger partial charge is 0.282 e. The van der Waals surface area contributed by atoms with E-state index in [9.17, 15) is 18.8 Å². The van der Waals surface area contributed by atoms with Crippen molar-refractivity contribution >= 4 is 29.1 Å². The van der Waals surface area contributed by atoms with Gasteiger partial charge < -0.3 is 21.3 Å². The van der Waals surface area contributed by atoms with Crippen molar-refractivity contribution < 1.29 is 23.7 Å². The average molecular weight is 373 g/mol. The van der Waals surface area contributed by atoms with Gasteiger partial charge >= 0.3 is 0 Å². The number of nitrogens with one attached hydrogen (secondary N) is 3. The zero-order chi connectivity index (χ0) is 20.0. The standard InChI is InChI=1S/C19H21FN4O3/c1-12(19(27)23-15-8-6-13(7-9-15)18(21)26)24(2)11-17(25)22-16-5-3-4-14(20)10-16/h3-10,12H,11H2,1-2H3,(H2,21,26)(H,22,25)(H,23,27)/p+1/t12-/m0/s1. The van der Waals surface area contributed by atoms with Crippen LogP contribution in [0.1, 0.15) is 17.3 Å². The molecule has 8 heteroatoms. The maximum absolute atomic E-state index is 13.2. The van der Waals surface area contributed by atoms with Gasteiger partial charge in [-0.05, 0) is 49.4 Å². The number of carbonyl (C=O) groups excluding carboxylic acids is 3. The number of hydrogen-bond donors (Lipinski definition) is 4. The van der Waals surface area contributed by atoms with Crippen molar-refractivity contribution in [3.05, 3.63) is 59.9 Å². The lowest BCUT2D eigenvalue weighted by molar-refractivity contribution is -0.885. The van der Waals surface area contributed by atoms with Crippen molar-refractivity contribution in [2.24, 2.45) is 5.73 Å². The van der Waals surface area contributed by atoms with Gasteiger partial charge in [0, 0.05) is 16.9 Å². The zero-order valence-electron chi connectivity index (χ0n) is 15.1. The third-order valence-corrected chi connectivity index (χ3v) is 4.12. The number of halogens is 1. The topological polar surface area (TPSA) is 106 Å². The molecule has 3 amide bonds. The van der Waals surface area contributed by atoms with E-state index in [0.717, 1.165) is 0 Å². The summed E-state index contributed by atoms with van der Waals surface area (Å²) in [7, 11) is 1.71. The molecule has 0 saturated heterocycles. The van der Waals surface area contributed by atoms with Crippen molar-refractivity contribution in [1.82, 2.24) is 0 Å². The molecule has 0 aliphatic carbocycles. The van der Waals surface area contributed by atoms with Gasteiger partial charge in [-0.15, -0.1) is 0 Å². The molecule has 5 N–H and O–H groups in total. The highest BCUT2D eigenvalue weighted by molar-refractivity contribution is 5.96. The van der Waals surface area contributed by atoms with E-state index in [1.54, 1.807) is 32.2 Å². The van der Waals surface area contributed by atoms with E-state index < -0.39 is 17.8 Å². The van der Waals surface area contributed by atoms with Gasteiger partial charge in [0.2, 0.25) is 5.91 Å². The van der Waals surface area contributed by atoms with Crippen LogP contribution in [0.15, 0.2) is 48.5 Å². The lowest BCUT2D eigenvalue weighted by Crippen LogP contribution is -3.14. The molecule has 0 bridgehead atoms. The van der Waals surface area contributed by atoms with Crippen molar-refractivity contribution in [3.63, 3.8) is 0 Å². The molecular formula is C19H22FN4O3+. The average Bonchev–Trinajstić information content (AvgIpc) is 2.61. The van der Waals surface area contributed by atoms with Gasteiger partial charge in [-0.2, -0.15) is 0 Å². The van der Waals surface area contributed by atoms with Gasteiger partial charge in [-0.1, -0.05) is 6.07 Å². The number of quaternary nitrogens is 1. The third kappa shape index (κ3) is 5.89. The first kappa shape index (κ1) is 20.1. The molecule has 0 heterocycles. The van der Waals surface area contributed by atoms with Crippen LogP contribution in [-0.2, 0) is 9.59 Å². The Labute approximate surface area is 156 Å². The maximum Gasteiger partial charge on any atom is 0.282 e. The normalized spacial score (nSPS) is 12.7. The van der Waals surface area contributed by atoms with E-state index in [2.05, 4.69) is 10.6 Å². The fourth-order valence-corrected chi connectivity index (χ4v) is 2.37. The van der Waals surface area contributed by atoms with E-state index >= 15 is 0 Å². The largest absolute Gasteiger partial charge is 0.366 e. The van der Waals surface area contributed by atoms with Crippen LogP contribution in [0.25, 0.3) is 0 Å². The molecule has 0 saturated carbocycles. The van der Waals surface area contributed by atoms with Gasteiger partial charge in [0.1, 0.15) is 5.82 Å². The minimum absolute atomic E-state index is 0.0334. The molecule has 0 aliphatic heterocycles. The molecule has 2 aromatic rings. The zero-order valence-corrected chi connectivity index (χ0v) is 15.1. The van der Waals surface area contributed by atoms with E-state index in [-0.39, 0.29) is 18.4 Å². The molecule has 0 aromatic heterocycles.